The average Bonchev–Trinajstić information content (AvgIpc) is 3.37. The van der Waals surface area contributed by atoms with E-state index in [2.05, 4.69) is 25.5 Å². The molecule has 6 nitrogen and oxygen atoms in total. The molecule has 9 heteroatoms. The van der Waals surface area contributed by atoms with Gasteiger partial charge < -0.3 is 5.32 Å². The van der Waals surface area contributed by atoms with Gasteiger partial charge in [-0.15, -0.1) is 21.5 Å². The van der Waals surface area contributed by atoms with E-state index in [1.54, 1.807) is 17.5 Å². The van der Waals surface area contributed by atoms with Crippen molar-refractivity contribution in [3.8, 4) is 21.3 Å². The van der Waals surface area contributed by atoms with E-state index < -0.39 is 0 Å². The molecule has 25 heavy (non-hydrogen) atoms. The molecule has 0 bridgehead atoms. The molecule has 4 rings (SSSR count). The summed E-state index contributed by atoms with van der Waals surface area (Å²) < 4.78 is 0. The zero-order valence-corrected chi connectivity index (χ0v) is 15.2. The predicted octanol–water partition coefficient (Wildman–Crippen LogP) is 3.97. The maximum atomic E-state index is 12.2. The zero-order valence-electron chi connectivity index (χ0n) is 12.7. The van der Waals surface area contributed by atoms with Gasteiger partial charge in [0, 0.05) is 22.5 Å². The number of thiophene rings is 1. The Morgan fingerprint density at radius 2 is 2.08 bits per heavy atom. The first-order valence-corrected chi connectivity index (χ1v) is 9.93. The molecule has 0 atom stereocenters. The van der Waals surface area contributed by atoms with Crippen LogP contribution in [0.2, 0.25) is 0 Å². The van der Waals surface area contributed by atoms with Gasteiger partial charge in [0.25, 0.3) is 0 Å². The SMILES string of the molecule is O=C(Cc1csc(-c2ccsc2)n1)Nc1nnc(-c2ccccn2)s1. The van der Waals surface area contributed by atoms with Gasteiger partial charge in [0.1, 0.15) is 10.7 Å². The Hall–Kier alpha value is -2.49. The Balaban J connectivity index is 1.40. The van der Waals surface area contributed by atoms with Crippen LogP contribution in [0.4, 0.5) is 5.13 Å². The van der Waals surface area contributed by atoms with Crippen LogP contribution in [0, 0.1) is 0 Å². The molecular formula is C16H11N5OS3. The van der Waals surface area contributed by atoms with Gasteiger partial charge in [0.05, 0.1) is 12.1 Å². The van der Waals surface area contributed by atoms with Crippen molar-refractivity contribution in [2.45, 2.75) is 6.42 Å². The lowest BCUT2D eigenvalue weighted by molar-refractivity contribution is -0.115. The molecule has 0 aliphatic heterocycles. The van der Waals surface area contributed by atoms with Gasteiger partial charge in [-0.05, 0) is 23.6 Å². The van der Waals surface area contributed by atoms with E-state index in [4.69, 9.17) is 0 Å². The number of hydrogen-bond acceptors (Lipinski definition) is 8. The van der Waals surface area contributed by atoms with E-state index >= 15 is 0 Å². The summed E-state index contributed by atoms with van der Waals surface area (Å²) in [5.74, 6) is -0.161. The van der Waals surface area contributed by atoms with E-state index in [0.29, 0.717) is 10.1 Å². The summed E-state index contributed by atoms with van der Waals surface area (Å²) in [5.41, 5.74) is 2.57. The van der Waals surface area contributed by atoms with Crippen molar-refractivity contribution in [1.82, 2.24) is 20.2 Å². The molecule has 0 spiro atoms. The molecule has 0 saturated carbocycles. The minimum absolute atomic E-state index is 0.161. The first-order valence-electron chi connectivity index (χ1n) is 7.29. The van der Waals surface area contributed by atoms with Crippen LogP contribution in [-0.2, 0) is 11.2 Å². The Kier molecular flexibility index (Phi) is 4.59. The second-order valence-electron chi connectivity index (χ2n) is 5.01. The second kappa shape index (κ2) is 7.18. The molecule has 0 unspecified atom stereocenters. The van der Waals surface area contributed by atoms with E-state index in [0.717, 1.165) is 22.0 Å². The quantitative estimate of drug-likeness (QED) is 0.562. The molecule has 1 N–H and O–H groups in total. The highest BCUT2D eigenvalue weighted by atomic mass is 32.1. The first kappa shape index (κ1) is 16.0. The summed E-state index contributed by atoms with van der Waals surface area (Å²) in [6.07, 6.45) is 1.90. The van der Waals surface area contributed by atoms with Gasteiger partial charge in [-0.3, -0.25) is 9.78 Å². The van der Waals surface area contributed by atoms with Crippen LogP contribution >= 0.6 is 34.0 Å². The number of nitrogens with one attached hydrogen (secondary N) is 1. The molecule has 0 aromatic carbocycles. The van der Waals surface area contributed by atoms with Crippen LogP contribution < -0.4 is 5.32 Å². The molecule has 124 valence electrons. The number of carbonyl (C=O) groups excluding carboxylic acids is 1. The van der Waals surface area contributed by atoms with Gasteiger partial charge in [-0.2, -0.15) is 11.3 Å². The highest BCUT2D eigenvalue weighted by molar-refractivity contribution is 7.18. The van der Waals surface area contributed by atoms with Gasteiger partial charge in [-0.25, -0.2) is 4.98 Å². The highest BCUT2D eigenvalue weighted by Gasteiger charge is 2.13. The minimum atomic E-state index is -0.161. The summed E-state index contributed by atoms with van der Waals surface area (Å²) in [5, 5.41) is 18.9. The fraction of sp³-hybridized carbons (Fsp3) is 0.0625. The second-order valence-corrected chi connectivity index (χ2v) is 7.62. The van der Waals surface area contributed by atoms with Crippen LogP contribution in [-0.4, -0.2) is 26.1 Å². The summed E-state index contributed by atoms with van der Waals surface area (Å²) in [4.78, 5) is 20.9. The topological polar surface area (TPSA) is 80.7 Å². The maximum absolute atomic E-state index is 12.2. The molecular weight excluding hydrogens is 374 g/mol. The Morgan fingerprint density at radius 3 is 2.88 bits per heavy atom. The summed E-state index contributed by atoms with van der Waals surface area (Å²) in [6.45, 7) is 0. The lowest BCUT2D eigenvalue weighted by atomic mass is 10.3. The zero-order chi connectivity index (χ0) is 17.1. The van der Waals surface area contributed by atoms with Crippen molar-refractivity contribution in [1.29, 1.82) is 0 Å². The fourth-order valence-electron chi connectivity index (χ4n) is 2.10. The van der Waals surface area contributed by atoms with E-state index in [1.165, 1.54) is 22.7 Å². The third-order valence-electron chi connectivity index (χ3n) is 3.22. The molecule has 0 aliphatic carbocycles. The smallest absolute Gasteiger partial charge is 0.232 e. The lowest BCUT2D eigenvalue weighted by Crippen LogP contribution is -2.14. The van der Waals surface area contributed by atoms with Crippen molar-refractivity contribution in [2.24, 2.45) is 0 Å². The van der Waals surface area contributed by atoms with E-state index in [-0.39, 0.29) is 12.3 Å². The number of anilines is 1. The lowest BCUT2D eigenvalue weighted by Gasteiger charge is -1.98. The number of aromatic nitrogens is 4. The number of carbonyl (C=O) groups is 1. The highest BCUT2D eigenvalue weighted by Crippen LogP contribution is 2.27. The monoisotopic (exact) mass is 385 g/mol. The minimum Gasteiger partial charge on any atom is -0.300 e. The molecule has 4 aromatic rings. The number of thiazole rings is 1. The summed E-state index contributed by atoms with van der Waals surface area (Å²) in [6, 6.07) is 7.60. The summed E-state index contributed by atoms with van der Waals surface area (Å²) >= 11 is 4.46. The Labute approximate surface area is 155 Å². The van der Waals surface area contributed by atoms with Crippen LogP contribution in [0.15, 0.2) is 46.6 Å². The van der Waals surface area contributed by atoms with Crippen LogP contribution in [0.5, 0.6) is 0 Å². The van der Waals surface area contributed by atoms with Gasteiger partial charge >= 0.3 is 0 Å². The Bertz CT molecular complexity index is 978. The molecule has 1 amide bonds. The molecule has 0 radical (unpaired) electrons. The van der Waals surface area contributed by atoms with Gasteiger partial charge in [0.2, 0.25) is 11.0 Å². The third kappa shape index (κ3) is 3.78. The molecule has 0 fully saturated rings. The van der Waals surface area contributed by atoms with Crippen molar-refractivity contribution < 1.29 is 4.79 Å². The number of nitrogens with zero attached hydrogens (tertiary/aromatic N) is 4. The molecule has 4 aromatic heterocycles. The van der Waals surface area contributed by atoms with Crippen LogP contribution in [0.1, 0.15) is 5.69 Å². The average molecular weight is 385 g/mol. The normalized spacial score (nSPS) is 10.7. The maximum Gasteiger partial charge on any atom is 0.232 e. The molecule has 0 saturated heterocycles. The summed E-state index contributed by atoms with van der Waals surface area (Å²) in [7, 11) is 0. The van der Waals surface area contributed by atoms with Crippen molar-refractivity contribution in [3.63, 3.8) is 0 Å². The predicted molar refractivity (Wildman–Crippen MR) is 101 cm³/mol. The fourth-order valence-corrected chi connectivity index (χ4v) is 4.37. The largest absolute Gasteiger partial charge is 0.300 e. The first-order chi connectivity index (χ1) is 12.3. The van der Waals surface area contributed by atoms with Crippen LogP contribution in [0.3, 0.4) is 0 Å². The Morgan fingerprint density at radius 1 is 1.12 bits per heavy atom. The van der Waals surface area contributed by atoms with Crippen molar-refractivity contribution in [3.05, 3.63) is 52.3 Å². The molecule has 4 heterocycles. The van der Waals surface area contributed by atoms with Crippen LogP contribution in [0.25, 0.3) is 21.3 Å². The van der Waals surface area contributed by atoms with E-state index in [9.17, 15) is 4.79 Å². The number of hydrogen-bond donors (Lipinski definition) is 1. The number of rotatable bonds is 5. The third-order valence-corrected chi connectivity index (χ3v) is 5.70. The standard InChI is InChI=1S/C16H11N5OS3/c22-13(7-11-9-24-14(18-11)10-4-6-23-8-10)19-16-21-20-15(25-16)12-3-1-2-5-17-12/h1-6,8-9H,7H2,(H,19,21,22). The number of pyridine rings is 1. The van der Waals surface area contributed by atoms with Gasteiger partial charge in [-0.1, -0.05) is 17.4 Å². The number of amides is 1. The molecule has 0 aliphatic rings. The van der Waals surface area contributed by atoms with Gasteiger partial charge in [0.15, 0.2) is 5.01 Å². The van der Waals surface area contributed by atoms with Crippen molar-refractivity contribution in [2.75, 3.05) is 5.32 Å². The van der Waals surface area contributed by atoms with E-state index in [1.807, 2.05) is 40.4 Å². The van der Waals surface area contributed by atoms with Crippen molar-refractivity contribution >= 4 is 45.0 Å².